The van der Waals surface area contributed by atoms with Gasteiger partial charge in [0.1, 0.15) is 23.7 Å². The summed E-state index contributed by atoms with van der Waals surface area (Å²) in [6, 6.07) is 8.00. The lowest BCUT2D eigenvalue weighted by Crippen LogP contribution is -2.25. The Labute approximate surface area is 174 Å². The van der Waals surface area contributed by atoms with Crippen molar-refractivity contribution in [1.29, 1.82) is 0 Å². The van der Waals surface area contributed by atoms with Crippen LogP contribution in [0.15, 0.2) is 24.3 Å². The first-order valence-electron chi connectivity index (χ1n) is 9.05. The van der Waals surface area contributed by atoms with Crippen LogP contribution in [0.1, 0.15) is 54.5 Å². The van der Waals surface area contributed by atoms with E-state index in [9.17, 15) is 9.90 Å². The minimum Gasteiger partial charge on any atom is -0.488 e. The highest BCUT2D eigenvalue weighted by Gasteiger charge is 2.32. The van der Waals surface area contributed by atoms with Gasteiger partial charge >= 0.3 is 5.97 Å². The van der Waals surface area contributed by atoms with Gasteiger partial charge in [-0.3, -0.25) is 4.79 Å². The van der Waals surface area contributed by atoms with E-state index in [1.807, 2.05) is 26.0 Å². The number of rotatable bonds is 5. The van der Waals surface area contributed by atoms with Gasteiger partial charge in [-0.25, -0.2) is 0 Å². The topological polar surface area (TPSA) is 55.8 Å². The number of carbonyl (C=O) groups is 1. The van der Waals surface area contributed by atoms with Crippen LogP contribution in [0.4, 0.5) is 0 Å². The van der Waals surface area contributed by atoms with Gasteiger partial charge in [-0.05, 0) is 97.7 Å². The number of carboxylic acid groups (broad SMARTS) is 1. The smallest absolute Gasteiger partial charge is 0.310 e. The Kier molecular flexibility index (Phi) is 5.43. The summed E-state index contributed by atoms with van der Waals surface area (Å²) in [5.41, 5.74) is 4.85. The molecule has 0 radical (unpaired) electrons. The van der Waals surface area contributed by atoms with Crippen molar-refractivity contribution < 1.29 is 19.4 Å². The molecule has 0 spiro atoms. The Hall–Kier alpha value is -1.76. The maximum Gasteiger partial charge on any atom is 0.310 e. The van der Waals surface area contributed by atoms with Crippen molar-refractivity contribution in [1.82, 2.24) is 0 Å². The first-order valence-corrected chi connectivity index (χ1v) is 10.1. The predicted octanol–water partition coefficient (Wildman–Crippen LogP) is 5.39. The molecule has 1 aliphatic heterocycles. The van der Waals surface area contributed by atoms with E-state index in [2.05, 4.69) is 48.6 Å². The first kappa shape index (κ1) is 20.0. The normalized spacial score (nSPS) is 15.8. The molecule has 0 amide bonds. The SMILES string of the molecule is Cc1c(OCc2cc(I)cc3c2OC(C)(C)C3)ccc(C(C)C(=O)O)c1C. The summed E-state index contributed by atoms with van der Waals surface area (Å²) >= 11 is 2.33. The van der Waals surface area contributed by atoms with Crippen LogP contribution in [0.25, 0.3) is 0 Å². The van der Waals surface area contributed by atoms with Crippen LogP contribution in [0.3, 0.4) is 0 Å². The van der Waals surface area contributed by atoms with E-state index in [0.717, 1.165) is 40.2 Å². The van der Waals surface area contributed by atoms with E-state index in [4.69, 9.17) is 9.47 Å². The second-order valence-corrected chi connectivity index (χ2v) is 9.09. The molecule has 1 atom stereocenters. The number of benzene rings is 2. The van der Waals surface area contributed by atoms with E-state index in [0.29, 0.717) is 6.61 Å². The molecule has 1 aliphatic rings. The van der Waals surface area contributed by atoms with Gasteiger partial charge in [0.2, 0.25) is 0 Å². The molecule has 0 bridgehead atoms. The molecule has 0 saturated heterocycles. The lowest BCUT2D eigenvalue weighted by molar-refractivity contribution is -0.138. The molecule has 3 rings (SSSR count). The van der Waals surface area contributed by atoms with E-state index in [1.165, 1.54) is 9.13 Å². The van der Waals surface area contributed by atoms with Crippen molar-refractivity contribution in [2.75, 3.05) is 0 Å². The molecule has 1 unspecified atom stereocenters. The Morgan fingerprint density at radius 2 is 2.00 bits per heavy atom. The van der Waals surface area contributed by atoms with Crippen LogP contribution < -0.4 is 9.47 Å². The van der Waals surface area contributed by atoms with Crippen LogP contribution in [-0.2, 0) is 17.8 Å². The fourth-order valence-electron chi connectivity index (χ4n) is 3.58. The zero-order chi connectivity index (χ0) is 19.9. The van der Waals surface area contributed by atoms with Gasteiger partial charge in [-0.2, -0.15) is 0 Å². The number of ether oxygens (including phenoxy) is 2. The minimum absolute atomic E-state index is 0.192. The third-order valence-corrected chi connectivity index (χ3v) is 5.82. The standard InChI is InChI=1S/C22H25IO4/c1-12-13(2)19(7-6-18(12)14(3)21(24)25)26-11-16-9-17(23)8-15-10-22(4,5)27-20(15)16/h6-9,14H,10-11H2,1-5H3,(H,24,25). The number of hydrogen-bond acceptors (Lipinski definition) is 3. The van der Waals surface area contributed by atoms with Crippen molar-refractivity contribution in [3.05, 3.63) is 55.7 Å². The molecule has 27 heavy (non-hydrogen) atoms. The molecule has 0 saturated carbocycles. The van der Waals surface area contributed by atoms with Crippen LogP contribution in [0, 0.1) is 17.4 Å². The second kappa shape index (κ2) is 7.34. The fraction of sp³-hybridized carbons (Fsp3) is 0.409. The minimum atomic E-state index is -0.819. The average Bonchev–Trinajstić information content (AvgIpc) is 2.89. The molecule has 4 nitrogen and oxygen atoms in total. The Balaban J connectivity index is 1.85. The predicted molar refractivity (Wildman–Crippen MR) is 114 cm³/mol. The summed E-state index contributed by atoms with van der Waals surface area (Å²) in [5, 5.41) is 9.28. The van der Waals surface area contributed by atoms with Crippen LogP contribution in [-0.4, -0.2) is 16.7 Å². The quantitative estimate of drug-likeness (QED) is 0.584. The summed E-state index contributed by atoms with van der Waals surface area (Å²) < 4.78 is 13.4. The van der Waals surface area contributed by atoms with Crippen molar-refractivity contribution in [2.45, 2.75) is 59.2 Å². The van der Waals surface area contributed by atoms with Gasteiger partial charge in [0, 0.05) is 15.6 Å². The highest BCUT2D eigenvalue weighted by Crippen LogP contribution is 2.39. The third-order valence-electron chi connectivity index (χ3n) is 5.20. The molecule has 2 aromatic carbocycles. The van der Waals surface area contributed by atoms with Crippen molar-refractivity contribution >= 4 is 28.6 Å². The molecule has 0 aromatic heterocycles. The summed E-state index contributed by atoms with van der Waals surface area (Å²) in [7, 11) is 0. The highest BCUT2D eigenvalue weighted by atomic mass is 127. The molecule has 0 fully saturated rings. The summed E-state index contributed by atoms with van der Waals surface area (Å²) in [4.78, 5) is 11.3. The number of carboxylic acids is 1. The van der Waals surface area contributed by atoms with Gasteiger partial charge in [-0.15, -0.1) is 0 Å². The lowest BCUT2D eigenvalue weighted by Gasteiger charge is -2.19. The van der Waals surface area contributed by atoms with Crippen LogP contribution in [0.2, 0.25) is 0 Å². The van der Waals surface area contributed by atoms with E-state index >= 15 is 0 Å². The monoisotopic (exact) mass is 480 g/mol. The Bertz CT molecular complexity index is 902. The maximum atomic E-state index is 11.3. The number of aliphatic carboxylic acids is 1. The summed E-state index contributed by atoms with van der Waals surface area (Å²) in [5.74, 6) is 0.359. The third kappa shape index (κ3) is 4.08. The number of hydrogen-bond donors (Lipinski definition) is 1. The Morgan fingerprint density at radius 3 is 2.67 bits per heavy atom. The summed E-state index contributed by atoms with van der Waals surface area (Å²) in [6.07, 6.45) is 0.895. The van der Waals surface area contributed by atoms with Gasteiger partial charge in [0.25, 0.3) is 0 Å². The van der Waals surface area contributed by atoms with Gasteiger partial charge < -0.3 is 14.6 Å². The zero-order valence-electron chi connectivity index (χ0n) is 16.4. The van der Waals surface area contributed by atoms with Crippen molar-refractivity contribution in [2.24, 2.45) is 0 Å². The number of halogens is 1. The molecule has 1 N–H and O–H groups in total. The van der Waals surface area contributed by atoms with Crippen LogP contribution in [0.5, 0.6) is 11.5 Å². The van der Waals surface area contributed by atoms with Crippen molar-refractivity contribution in [3.63, 3.8) is 0 Å². The molecular formula is C22H25IO4. The maximum absolute atomic E-state index is 11.3. The van der Waals surface area contributed by atoms with Crippen LogP contribution >= 0.6 is 22.6 Å². The van der Waals surface area contributed by atoms with E-state index in [-0.39, 0.29) is 5.60 Å². The van der Waals surface area contributed by atoms with E-state index in [1.54, 1.807) is 6.92 Å². The lowest BCUT2D eigenvalue weighted by atomic mass is 9.93. The molecule has 0 aliphatic carbocycles. The molecule has 2 aromatic rings. The Morgan fingerprint density at radius 1 is 1.30 bits per heavy atom. The number of fused-ring (bicyclic) bond motifs is 1. The average molecular weight is 480 g/mol. The fourth-order valence-corrected chi connectivity index (χ4v) is 4.34. The van der Waals surface area contributed by atoms with Gasteiger partial charge in [0.05, 0.1) is 5.92 Å². The summed E-state index contributed by atoms with van der Waals surface area (Å²) in [6.45, 7) is 10.2. The van der Waals surface area contributed by atoms with Crippen molar-refractivity contribution in [3.8, 4) is 11.5 Å². The molecule has 144 valence electrons. The van der Waals surface area contributed by atoms with E-state index < -0.39 is 11.9 Å². The van der Waals surface area contributed by atoms with Gasteiger partial charge in [0.15, 0.2) is 0 Å². The molecular weight excluding hydrogens is 455 g/mol. The first-order chi connectivity index (χ1) is 12.6. The zero-order valence-corrected chi connectivity index (χ0v) is 18.5. The second-order valence-electron chi connectivity index (χ2n) is 7.84. The molecule has 1 heterocycles. The largest absolute Gasteiger partial charge is 0.488 e. The molecule has 5 heteroatoms. The highest BCUT2D eigenvalue weighted by molar-refractivity contribution is 14.1. The van der Waals surface area contributed by atoms with Gasteiger partial charge in [-0.1, -0.05) is 6.07 Å².